The first kappa shape index (κ1) is 14.4. The highest BCUT2D eigenvalue weighted by Crippen LogP contribution is 2.10. The lowest BCUT2D eigenvalue weighted by Gasteiger charge is -2.10. The molecule has 0 bridgehead atoms. The highest BCUT2D eigenvalue weighted by atomic mass is 16.5. The summed E-state index contributed by atoms with van der Waals surface area (Å²) in [5.41, 5.74) is 0. The fourth-order valence-electron chi connectivity index (χ4n) is 1.90. The van der Waals surface area contributed by atoms with Crippen LogP contribution in [0.1, 0.15) is 26.2 Å². The van der Waals surface area contributed by atoms with Gasteiger partial charge in [0.05, 0.1) is 12.3 Å². The molecule has 0 saturated carbocycles. The SMILES string of the molecule is CCC(=O)Nc1cn(CC(=O)NCC2CCCO2)nn1. The predicted molar refractivity (Wildman–Crippen MR) is 70.9 cm³/mol. The number of amides is 2. The molecular weight excluding hydrogens is 262 g/mol. The average molecular weight is 281 g/mol. The van der Waals surface area contributed by atoms with E-state index in [1.165, 1.54) is 10.9 Å². The smallest absolute Gasteiger partial charge is 0.241 e. The summed E-state index contributed by atoms with van der Waals surface area (Å²) in [6, 6.07) is 0. The maximum Gasteiger partial charge on any atom is 0.241 e. The third-order valence-electron chi connectivity index (χ3n) is 2.98. The zero-order valence-corrected chi connectivity index (χ0v) is 11.5. The average Bonchev–Trinajstić information content (AvgIpc) is 3.08. The van der Waals surface area contributed by atoms with Gasteiger partial charge in [-0.2, -0.15) is 0 Å². The third kappa shape index (κ3) is 4.30. The number of carbonyl (C=O) groups is 2. The van der Waals surface area contributed by atoms with Crippen LogP contribution in [0.25, 0.3) is 0 Å². The molecule has 8 heteroatoms. The van der Waals surface area contributed by atoms with Crippen LogP contribution in [-0.4, -0.2) is 46.1 Å². The quantitative estimate of drug-likeness (QED) is 0.760. The molecule has 2 rings (SSSR count). The third-order valence-corrected chi connectivity index (χ3v) is 2.98. The number of nitrogens with zero attached hydrogens (tertiary/aromatic N) is 3. The van der Waals surface area contributed by atoms with Gasteiger partial charge in [-0.05, 0) is 12.8 Å². The van der Waals surface area contributed by atoms with Crippen molar-refractivity contribution < 1.29 is 14.3 Å². The van der Waals surface area contributed by atoms with Crippen LogP contribution in [0.4, 0.5) is 5.82 Å². The van der Waals surface area contributed by atoms with Crippen LogP contribution < -0.4 is 10.6 Å². The number of rotatable bonds is 6. The lowest BCUT2D eigenvalue weighted by molar-refractivity contribution is -0.122. The van der Waals surface area contributed by atoms with Crippen LogP contribution in [0.3, 0.4) is 0 Å². The topological polar surface area (TPSA) is 98.1 Å². The standard InChI is InChI=1S/C12H19N5O3/c1-2-11(18)14-10-7-17(16-15-10)8-12(19)13-6-9-4-3-5-20-9/h7,9H,2-6,8H2,1H3,(H,13,19)(H,14,18). The molecule has 2 amide bonds. The van der Waals surface area contributed by atoms with Gasteiger partial charge in [0.2, 0.25) is 11.8 Å². The molecule has 2 N–H and O–H groups in total. The van der Waals surface area contributed by atoms with Gasteiger partial charge in [-0.3, -0.25) is 9.59 Å². The van der Waals surface area contributed by atoms with Gasteiger partial charge in [0, 0.05) is 19.6 Å². The summed E-state index contributed by atoms with van der Waals surface area (Å²) in [5.74, 6) is 0.0578. The van der Waals surface area contributed by atoms with Gasteiger partial charge >= 0.3 is 0 Å². The Balaban J connectivity index is 1.74. The van der Waals surface area contributed by atoms with E-state index in [4.69, 9.17) is 4.74 Å². The second-order valence-corrected chi connectivity index (χ2v) is 4.64. The van der Waals surface area contributed by atoms with Crippen LogP contribution >= 0.6 is 0 Å². The Bertz CT molecular complexity index is 467. The van der Waals surface area contributed by atoms with Crippen LogP contribution in [-0.2, 0) is 20.9 Å². The summed E-state index contributed by atoms with van der Waals surface area (Å²) in [6.45, 7) is 3.11. The Morgan fingerprint density at radius 3 is 3.05 bits per heavy atom. The molecule has 110 valence electrons. The molecule has 0 aliphatic carbocycles. The van der Waals surface area contributed by atoms with E-state index in [-0.39, 0.29) is 24.5 Å². The number of hydrogen-bond acceptors (Lipinski definition) is 5. The molecule has 1 aliphatic heterocycles. The molecule has 1 aromatic heterocycles. The number of carbonyl (C=O) groups excluding carboxylic acids is 2. The van der Waals surface area contributed by atoms with Crippen LogP contribution in [0.5, 0.6) is 0 Å². The number of anilines is 1. The van der Waals surface area contributed by atoms with Crippen LogP contribution in [0.15, 0.2) is 6.20 Å². The molecular formula is C12H19N5O3. The van der Waals surface area contributed by atoms with Crippen molar-refractivity contribution in [2.24, 2.45) is 0 Å². The Morgan fingerprint density at radius 1 is 1.50 bits per heavy atom. The molecule has 1 aliphatic rings. The zero-order chi connectivity index (χ0) is 14.4. The van der Waals surface area contributed by atoms with E-state index in [1.54, 1.807) is 6.92 Å². The maximum atomic E-state index is 11.7. The van der Waals surface area contributed by atoms with Crippen LogP contribution in [0.2, 0.25) is 0 Å². The van der Waals surface area contributed by atoms with Crippen molar-refractivity contribution in [2.45, 2.75) is 38.8 Å². The van der Waals surface area contributed by atoms with E-state index < -0.39 is 0 Å². The Morgan fingerprint density at radius 2 is 2.35 bits per heavy atom. The van der Waals surface area contributed by atoms with E-state index in [0.717, 1.165) is 19.4 Å². The molecule has 1 saturated heterocycles. The highest BCUT2D eigenvalue weighted by molar-refractivity contribution is 5.89. The van der Waals surface area contributed by atoms with E-state index in [2.05, 4.69) is 20.9 Å². The van der Waals surface area contributed by atoms with E-state index in [9.17, 15) is 9.59 Å². The molecule has 2 heterocycles. The summed E-state index contributed by atoms with van der Waals surface area (Å²) in [4.78, 5) is 22.9. The highest BCUT2D eigenvalue weighted by Gasteiger charge is 2.16. The Kier molecular flexibility index (Phi) is 5.05. The van der Waals surface area contributed by atoms with Gasteiger partial charge < -0.3 is 15.4 Å². The molecule has 1 unspecified atom stereocenters. The molecule has 0 aromatic carbocycles. The van der Waals surface area contributed by atoms with Gasteiger partial charge in [-0.25, -0.2) is 4.68 Å². The Labute approximate surface area is 116 Å². The number of aromatic nitrogens is 3. The van der Waals surface area contributed by atoms with Crippen molar-refractivity contribution in [3.05, 3.63) is 6.20 Å². The Hall–Kier alpha value is -1.96. The molecule has 0 spiro atoms. The number of nitrogens with one attached hydrogen (secondary N) is 2. The number of ether oxygens (including phenoxy) is 1. The van der Waals surface area contributed by atoms with Gasteiger partial charge in [0.25, 0.3) is 0 Å². The molecule has 20 heavy (non-hydrogen) atoms. The minimum atomic E-state index is -0.154. The molecule has 1 atom stereocenters. The summed E-state index contributed by atoms with van der Waals surface area (Å²) in [6.07, 6.45) is 4.04. The van der Waals surface area contributed by atoms with Crippen molar-refractivity contribution in [3.8, 4) is 0 Å². The predicted octanol–water partition coefficient (Wildman–Crippen LogP) is -0.0782. The lowest BCUT2D eigenvalue weighted by Crippen LogP contribution is -2.34. The van der Waals surface area contributed by atoms with Crippen molar-refractivity contribution in [2.75, 3.05) is 18.5 Å². The van der Waals surface area contributed by atoms with Gasteiger partial charge in [-0.15, -0.1) is 5.10 Å². The van der Waals surface area contributed by atoms with E-state index in [1.807, 2.05) is 0 Å². The van der Waals surface area contributed by atoms with Gasteiger partial charge in [-0.1, -0.05) is 12.1 Å². The fraction of sp³-hybridized carbons (Fsp3) is 0.667. The molecule has 8 nitrogen and oxygen atoms in total. The van der Waals surface area contributed by atoms with E-state index >= 15 is 0 Å². The number of hydrogen-bond donors (Lipinski definition) is 2. The second-order valence-electron chi connectivity index (χ2n) is 4.64. The van der Waals surface area contributed by atoms with Crippen molar-refractivity contribution >= 4 is 17.6 Å². The first-order valence-corrected chi connectivity index (χ1v) is 6.75. The first-order chi connectivity index (χ1) is 9.67. The second kappa shape index (κ2) is 6.99. The van der Waals surface area contributed by atoms with Crippen molar-refractivity contribution in [1.82, 2.24) is 20.3 Å². The van der Waals surface area contributed by atoms with Crippen molar-refractivity contribution in [1.29, 1.82) is 0 Å². The molecule has 0 radical (unpaired) electrons. The lowest BCUT2D eigenvalue weighted by atomic mass is 10.2. The summed E-state index contributed by atoms with van der Waals surface area (Å²) >= 11 is 0. The maximum absolute atomic E-state index is 11.7. The monoisotopic (exact) mass is 281 g/mol. The van der Waals surface area contributed by atoms with Crippen molar-refractivity contribution in [3.63, 3.8) is 0 Å². The minimum absolute atomic E-state index is 0.0711. The van der Waals surface area contributed by atoms with Crippen LogP contribution in [0, 0.1) is 0 Å². The first-order valence-electron chi connectivity index (χ1n) is 6.75. The summed E-state index contributed by atoms with van der Waals surface area (Å²) in [5, 5.41) is 12.9. The largest absolute Gasteiger partial charge is 0.376 e. The fourth-order valence-corrected chi connectivity index (χ4v) is 1.90. The molecule has 1 fully saturated rings. The minimum Gasteiger partial charge on any atom is -0.376 e. The summed E-state index contributed by atoms with van der Waals surface area (Å²) in [7, 11) is 0. The van der Waals surface area contributed by atoms with Gasteiger partial charge in [0.1, 0.15) is 6.54 Å². The normalized spacial score (nSPS) is 17.9. The van der Waals surface area contributed by atoms with E-state index in [0.29, 0.717) is 18.8 Å². The molecule has 1 aromatic rings. The van der Waals surface area contributed by atoms with Gasteiger partial charge in [0.15, 0.2) is 5.82 Å². The zero-order valence-electron chi connectivity index (χ0n) is 11.5. The summed E-state index contributed by atoms with van der Waals surface area (Å²) < 4.78 is 6.80.